The number of hydrazone groups is 1. The quantitative estimate of drug-likeness (QED) is 0.750. The minimum Gasteiger partial charge on any atom is -0.385 e. The lowest BCUT2D eigenvalue weighted by atomic mass is 9.54. The molecule has 4 atom stereocenters. The topological polar surface area (TPSA) is 78.8 Å². The third-order valence-corrected chi connectivity index (χ3v) is 7.71. The maximum Gasteiger partial charge on any atom is 0.276 e. The maximum atomic E-state index is 12.6. The molecule has 0 spiro atoms. The van der Waals surface area contributed by atoms with Gasteiger partial charge in [-0.15, -0.1) is 0 Å². The summed E-state index contributed by atoms with van der Waals surface area (Å²) in [5.41, 5.74) is 2.14. The second-order valence-electron chi connectivity index (χ2n) is 9.67. The van der Waals surface area contributed by atoms with E-state index in [9.17, 15) is 13.5 Å². The van der Waals surface area contributed by atoms with E-state index in [1.807, 2.05) is 0 Å². The lowest BCUT2D eigenvalue weighted by Crippen LogP contribution is -2.51. The van der Waals surface area contributed by atoms with Gasteiger partial charge in [0.25, 0.3) is 10.0 Å². The van der Waals surface area contributed by atoms with Gasteiger partial charge in [-0.3, -0.25) is 0 Å². The van der Waals surface area contributed by atoms with Gasteiger partial charge in [0.2, 0.25) is 0 Å². The van der Waals surface area contributed by atoms with E-state index in [2.05, 4.69) is 30.7 Å². The van der Waals surface area contributed by atoms with Crippen molar-refractivity contribution >= 4 is 15.7 Å². The van der Waals surface area contributed by atoms with E-state index in [-0.39, 0.29) is 10.3 Å². The Balaban J connectivity index is 1.72. The second kappa shape index (κ2) is 6.70. The summed E-state index contributed by atoms with van der Waals surface area (Å²) in [7, 11) is -3.72. The van der Waals surface area contributed by atoms with Crippen molar-refractivity contribution in [3.63, 3.8) is 0 Å². The van der Waals surface area contributed by atoms with Crippen LogP contribution in [-0.4, -0.2) is 24.8 Å². The van der Waals surface area contributed by atoms with Gasteiger partial charge in [-0.05, 0) is 67.9 Å². The molecular formula is C22H30N2O3S. The molecule has 152 valence electrons. The van der Waals surface area contributed by atoms with Gasteiger partial charge in [0.15, 0.2) is 0 Å². The SMILES string of the molecule is C[C@@H]1CC(=NNS(=O)(=O)c2ccccc2)C2=C(C1)C[C@@]1(C)C[C@H](C)C[C@@]2(O)C1. The van der Waals surface area contributed by atoms with Gasteiger partial charge in [-0.25, -0.2) is 0 Å². The van der Waals surface area contributed by atoms with Gasteiger partial charge in [-0.2, -0.15) is 18.4 Å². The highest BCUT2D eigenvalue weighted by Gasteiger charge is 2.52. The van der Waals surface area contributed by atoms with Crippen molar-refractivity contribution in [2.75, 3.05) is 0 Å². The Morgan fingerprint density at radius 2 is 1.82 bits per heavy atom. The van der Waals surface area contributed by atoms with Crippen LogP contribution in [0.25, 0.3) is 0 Å². The second-order valence-corrected chi connectivity index (χ2v) is 11.3. The Labute approximate surface area is 168 Å². The van der Waals surface area contributed by atoms with Crippen LogP contribution < -0.4 is 4.83 Å². The number of hydrogen-bond acceptors (Lipinski definition) is 4. The molecule has 0 radical (unpaired) electrons. The summed E-state index contributed by atoms with van der Waals surface area (Å²) in [5.74, 6) is 0.835. The van der Waals surface area contributed by atoms with E-state index >= 15 is 0 Å². The number of hydrogen-bond donors (Lipinski definition) is 2. The zero-order valence-electron chi connectivity index (χ0n) is 16.9. The van der Waals surface area contributed by atoms with Crippen LogP contribution in [0.4, 0.5) is 0 Å². The van der Waals surface area contributed by atoms with E-state index < -0.39 is 15.6 Å². The molecule has 3 aliphatic carbocycles. The fourth-order valence-corrected chi connectivity index (χ4v) is 6.89. The standard InChI is InChI=1S/C22H30N2O3S/c1-15-9-17-13-21(3)11-16(2)12-22(25,14-21)20(17)19(10-15)23-24-28(26,27)18-7-5-4-6-8-18/h4-8,15-16,24-25H,9-14H2,1-3H3/t15-,16-,21+,22+/m0/s1. The number of aliphatic hydroxyl groups is 1. The van der Waals surface area contributed by atoms with Crippen molar-refractivity contribution in [1.29, 1.82) is 0 Å². The van der Waals surface area contributed by atoms with Gasteiger partial charge in [0.1, 0.15) is 0 Å². The summed E-state index contributed by atoms with van der Waals surface area (Å²) in [4.78, 5) is 2.62. The predicted molar refractivity (Wildman–Crippen MR) is 110 cm³/mol. The summed E-state index contributed by atoms with van der Waals surface area (Å²) in [6.07, 6.45) is 5.22. The molecule has 28 heavy (non-hydrogen) atoms. The molecule has 1 fully saturated rings. The van der Waals surface area contributed by atoms with Crippen LogP contribution in [-0.2, 0) is 10.0 Å². The van der Waals surface area contributed by atoms with Crippen molar-refractivity contribution < 1.29 is 13.5 Å². The summed E-state index contributed by atoms with van der Waals surface area (Å²) in [6, 6.07) is 8.28. The molecule has 0 saturated heterocycles. The predicted octanol–water partition coefficient (Wildman–Crippen LogP) is 4.01. The minimum absolute atomic E-state index is 0.122. The summed E-state index contributed by atoms with van der Waals surface area (Å²) < 4.78 is 25.2. The van der Waals surface area contributed by atoms with E-state index in [1.54, 1.807) is 30.3 Å². The summed E-state index contributed by atoms with van der Waals surface area (Å²) >= 11 is 0. The number of rotatable bonds is 3. The molecule has 0 amide bonds. The molecule has 0 heterocycles. The number of sulfonamides is 1. The molecule has 1 saturated carbocycles. The maximum absolute atomic E-state index is 12.6. The Morgan fingerprint density at radius 3 is 2.54 bits per heavy atom. The Morgan fingerprint density at radius 1 is 1.11 bits per heavy atom. The first-order chi connectivity index (χ1) is 13.1. The summed E-state index contributed by atoms with van der Waals surface area (Å²) in [5, 5.41) is 16.0. The molecular weight excluding hydrogens is 372 g/mol. The first kappa shape index (κ1) is 19.6. The largest absolute Gasteiger partial charge is 0.385 e. The number of nitrogens with one attached hydrogen (secondary N) is 1. The Bertz CT molecular complexity index is 938. The van der Waals surface area contributed by atoms with Crippen LogP contribution in [0.3, 0.4) is 0 Å². The third-order valence-electron chi connectivity index (χ3n) is 6.49. The van der Waals surface area contributed by atoms with E-state index in [0.717, 1.165) is 37.7 Å². The molecule has 2 N–H and O–H groups in total. The monoisotopic (exact) mass is 402 g/mol. The third kappa shape index (κ3) is 3.52. The lowest BCUT2D eigenvalue weighted by molar-refractivity contribution is -0.0449. The molecule has 4 rings (SSSR count). The van der Waals surface area contributed by atoms with E-state index in [0.29, 0.717) is 24.0 Å². The van der Waals surface area contributed by atoms with Crippen LogP contribution in [0.5, 0.6) is 0 Å². The minimum atomic E-state index is -3.72. The molecule has 0 aromatic heterocycles. The van der Waals surface area contributed by atoms with Crippen molar-refractivity contribution in [2.24, 2.45) is 22.4 Å². The highest BCUT2D eigenvalue weighted by molar-refractivity contribution is 7.89. The first-order valence-electron chi connectivity index (χ1n) is 10.2. The van der Waals surface area contributed by atoms with E-state index in [4.69, 9.17) is 0 Å². The van der Waals surface area contributed by atoms with Crippen LogP contribution in [0.1, 0.15) is 59.3 Å². The number of fused-ring (bicyclic) bond motifs is 3. The van der Waals surface area contributed by atoms with Gasteiger partial charge >= 0.3 is 0 Å². The molecule has 0 unspecified atom stereocenters. The number of nitrogens with zero attached hydrogens (tertiary/aromatic N) is 1. The van der Waals surface area contributed by atoms with Crippen LogP contribution >= 0.6 is 0 Å². The van der Waals surface area contributed by atoms with Crippen LogP contribution in [0.15, 0.2) is 51.5 Å². The lowest BCUT2D eigenvalue weighted by Gasteiger charge is -2.54. The van der Waals surface area contributed by atoms with Crippen LogP contribution in [0.2, 0.25) is 0 Å². The van der Waals surface area contributed by atoms with Crippen molar-refractivity contribution in [1.82, 2.24) is 4.83 Å². The van der Waals surface area contributed by atoms with Crippen LogP contribution in [0, 0.1) is 17.3 Å². The Hall–Kier alpha value is -1.66. The van der Waals surface area contributed by atoms with Crippen molar-refractivity contribution in [3.05, 3.63) is 41.5 Å². The molecule has 2 bridgehead atoms. The van der Waals surface area contributed by atoms with Gasteiger partial charge in [0, 0.05) is 5.57 Å². The average molecular weight is 403 g/mol. The van der Waals surface area contributed by atoms with Crippen molar-refractivity contribution in [2.45, 2.75) is 69.8 Å². The Kier molecular flexibility index (Phi) is 4.70. The van der Waals surface area contributed by atoms with Crippen molar-refractivity contribution in [3.8, 4) is 0 Å². The molecule has 5 nitrogen and oxygen atoms in total. The molecule has 1 aromatic rings. The first-order valence-corrected chi connectivity index (χ1v) is 11.7. The van der Waals surface area contributed by atoms with Gasteiger partial charge < -0.3 is 5.11 Å². The average Bonchev–Trinajstić information content (AvgIpc) is 2.58. The molecule has 0 aliphatic heterocycles. The highest BCUT2D eigenvalue weighted by Crippen LogP contribution is 2.57. The zero-order chi connectivity index (χ0) is 20.2. The fraction of sp³-hybridized carbons (Fsp3) is 0.591. The van der Waals surface area contributed by atoms with E-state index in [1.165, 1.54) is 5.57 Å². The zero-order valence-corrected chi connectivity index (χ0v) is 17.7. The number of benzene rings is 1. The molecule has 3 aliphatic rings. The fourth-order valence-electron chi connectivity index (χ4n) is 6.04. The normalized spacial score (nSPS) is 36.9. The smallest absolute Gasteiger partial charge is 0.276 e. The van der Waals surface area contributed by atoms with Gasteiger partial charge in [0.05, 0.1) is 16.2 Å². The molecule has 1 aromatic carbocycles. The van der Waals surface area contributed by atoms with Gasteiger partial charge in [-0.1, -0.05) is 44.5 Å². The molecule has 6 heteroatoms. The number of allylic oxidation sites excluding steroid dienone is 1. The summed E-state index contributed by atoms with van der Waals surface area (Å²) in [6.45, 7) is 6.66. The highest BCUT2D eigenvalue weighted by atomic mass is 32.2.